The largest absolute Gasteiger partial charge is 0.330 e. The summed E-state index contributed by atoms with van der Waals surface area (Å²) in [7, 11) is 0. The molecule has 0 atom stereocenters. The summed E-state index contributed by atoms with van der Waals surface area (Å²) in [6.07, 6.45) is 1.10. The van der Waals surface area contributed by atoms with E-state index in [0.717, 1.165) is 18.7 Å². The quantitative estimate of drug-likeness (QED) is 0.590. The molecular formula is C11H17NS. The van der Waals surface area contributed by atoms with Gasteiger partial charge < -0.3 is 5.73 Å². The van der Waals surface area contributed by atoms with Crippen LogP contribution >= 0.6 is 11.8 Å². The molecule has 1 rings (SSSR count). The Hall–Kier alpha value is -0.470. The summed E-state index contributed by atoms with van der Waals surface area (Å²) in [6, 6.07) is 6.58. The maximum atomic E-state index is 5.45. The number of thioether (sulfide) groups is 1. The molecule has 0 aliphatic rings. The third-order valence-electron chi connectivity index (χ3n) is 1.95. The van der Waals surface area contributed by atoms with E-state index in [-0.39, 0.29) is 0 Å². The SMILES string of the molecule is Cc1ccc(C)c(SCCCN)c1. The van der Waals surface area contributed by atoms with Crippen LogP contribution in [0.3, 0.4) is 0 Å². The normalized spacial score (nSPS) is 10.4. The topological polar surface area (TPSA) is 26.0 Å². The molecule has 72 valence electrons. The Morgan fingerprint density at radius 2 is 2.08 bits per heavy atom. The van der Waals surface area contributed by atoms with Crippen LogP contribution in [-0.4, -0.2) is 12.3 Å². The minimum Gasteiger partial charge on any atom is -0.330 e. The number of aryl methyl sites for hydroxylation is 2. The third-order valence-corrected chi connectivity index (χ3v) is 3.19. The van der Waals surface area contributed by atoms with E-state index in [1.54, 1.807) is 0 Å². The van der Waals surface area contributed by atoms with Gasteiger partial charge in [0.25, 0.3) is 0 Å². The highest BCUT2D eigenvalue weighted by molar-refractivity contribution is 7.99. The number of hydrogen-bond acceptors (Lipinski definition) is 2. The van der Waals surface area contributed by atoms with Crippen molar-refractivity contribution >= 4 is 11.8 Å². The van der Waals surface area contributed by atoms with Crippen LogP contribution in [0.15, 0.2) is 23.1 Å². The van der Waals surface area contributed by atoms with E-state index in [9.17, 15) is 0 Å². The van der Waals surface area contributed by atoms with Crippen molar-refractivity contribution in [2.24, 2.45) is 5.73 Å². The van der Waals surface area contributed by atoms with Crippen LogP contribution in [0.2, 0.25) is 0 Å². The molecule has 0 bridgehead atoms. The maximum Gasteiger partial charge on any atom is 0.0104 e. The monoisotopic (exact) mass is 195 g/mol. The summed E-state index contributed by atoms with van der Waals surface area (Å²) in [6.45, 7) is 5.08. The van der Waals surface area contributed by atoms with E-state index in [0.29, 0.717) is 0 Å². The van der Waals surface area contributed by atoms with Gasteiger partial charge in [0.15, 0.2) is 0 Å². The first-order valence-electron chi connectivity index (χ1n) is 4.64. The predicted molar refractivity (Wildman–Crippen MR) is 60.3 cm³/mol. The second-order valence-corrected chi connectivity index (χ2v) is 4.40. The van der Waals surface area contributed by atoms with Crippen LogP contribution in [0.5, 0.6) is 0 Å². The zero-order valence-electron chi connectivity index (χ0n) is 8.34. The molecular weight excluding hydrogens is 178 g/mol. The van der Waals surface area contributed by atoms with Crippen molar-refractivity contribution in [3.8, 4) is 0 Å². The summed E-state index contributed by atoms with van der Waals surface area (Å²) < 4.78 is 0. The molecule has 2 heteroatoms. The zero-order chi connectivity index (χ0) is 9.68. The lowest BCUT2D eigenvalue weighted by atomic mass is 10.2. The van der Waals surface area contributed by atoms with Gasteiger partial charge in [0.05, 0.1) is 0 Å². The third kappa shape index (κ3) is 3.41. The average Bonchev–Trinajstić information content (AvgIpc) is 2.11. The lowest BCUT2D eigenvalue weighted by molar-refractivity contribution is 0.942. The Labute approximate surface area is 84.7 Å². The Kier molecular flexibility index (Phi) is 4.33. The van der Waals surface area contributed by atoms with Gasteiger partial charge in [0.2, 0.25) is 0 Å². The van der Waals surface area contributed by atoms with Crippen LogP contribution in [0.25, 0.3) is 0 Å². The highest BCUT2D eigenvalue weighted by atomic mass is 32.2. The first-order valence-corrected chi connectivity index (χ1v) is 5.62. The standard InChI is InChI=1S/C11H17NS/c1-9-4-5-10(2)11(8-9)13-7-3-6-12/h4-5,8H,3,6-7,12H2,1-2H3. The fourth-order valence-electron chi connectivity index (χ4n) is 1.13. The molecule has 0 aromatic heterocycles. The van der Waals surface area contributed by atoms with Gasteiger partial charge >= 0.3 is 0 Å². The number of nitrogens with two attached hydrogens (primary N) is 1. The van der Waals surface area contributed by atoms with Crippen molar-refractivity contribution in [2.45, 2.75) is 25.2 Å². The second-order valence-electron chi connectivity index (χ2n) is 3.26. The van der Waals surface area contributed by atoms with E-state index in [1.807, 2.05) is 11.8 Å². The zero-order valence-corrected chi connectivity index (χ0v) is 9.16. The van der Waals surface area contributed by atoms with Gasteiger partial charge in [0.1, 0.15) is 0 Å². The molecule has 0 amide bonds. The van der Waals surface area contributed by atoms with Gasteiger partial charge in [-0.25, -0.2) is 0 Å². The molecule has 1 aromatic rings. The van der Waals surface area contributed by atoms with Crippen LogP contribution < -0.4 is 5.73 Å². The van der Waals surface area contributed by atoms with Crippen molar-refractivity contribution in [1.82, 2.24) is 0 Å². The molecule has 0 spiro atoms. The average molecular weight is 195 g/mol. The van der Waals surface area contributed by atoms with E-state index in [1.165, 1.54) is 16.0 Å². The maximum absolute atomic E-state index is 5.45. The lowest BCUT2D eigenvalue weighted by Crippen LogP contribution is -1.99. The molecule has 0 radical (unpaired) electrons. The highest BCUT2D eigenvalue weighted by Crippen LogP contribution is 2.23. The predicted octanol–water partition coefficient (Wildman–Crippen LogP) is 2.74. The van der Waals surface area contributed by atoms with Gasteiger partial charge in [0, 0.05) is 4.90 Å². The molecule has 0 unspecified atom stereocenters. The highest BCUT2D eigenvalue weighted by Gasteiger charge is 1.98. The van der Waals surface area contributed by atoms with E-state index < -0.39 is 0 Å². The van der Waals surface area contributed by atoms with E-state index in [2.05, 4.69) is 32.0 Å². The minimum absolute atomic E-state index is 0.790. The molecule has 1 aromatic carbocycles. The van der Waals surface area contributed by atoms with E-state index in [4.69, 9.17) is 5.73 Å². The van der Waals surface area contributed by atoms with Gasteiger partial charge in [-0.2, -0.15) is 0 Å². The number of hydrogen-bond donors (Lipinski definition) is 1. The van der Waals surface area contributed by atoms with Crippen molar-refractivity contribution < 1.29 is 0 Å². The van der Waals surface area contributed by atoms with E-state index >= 15 is 0 Å². The smallest absolute Gasteiger partial charge is 0.0104 e. The van der Waals surface area contributed by atoms with Crippen molar-refractivity contribution in [2.75, 3.05) is 12.3 Å². The fraction of sp³-hybridized carbons (Fsp3) is 0.455. The molecule has 1 nitrogen and oxygen atoms in total. The van der Waals surface area contributed by atoms with Crippen molar-refractivity contribution in [1.29, 1.82) is 0 Å². The van der Waals surface area contributed by atoms with Crippen molar-refractivity contribution in [3.63, 3.8) is 0 Å². The van der Waals surface area contributed by atoms with Gasteiger partial charge in [-0.1, -0.05) is 17.7 Å². The molecule has 0 aliphatic heterocycles. The molecule has 0 heterocycles. The Morgan fingerprint density at radius 3 is 2.77 bits per heavy atom. The van der Waals surface area contributed by atoms with Crippen LogP contribution in [0.1, 0.15) is 17.5 Å². The minimum atomic E-state index is 0.790. The molecule has 0 saturated carbocycles. The summed E-state index contributed by atoms with van der Waals surface area (Å²) in [5, 5.41) is 0. The first-order chi connectivity index (χ1) is 6.24. The molecule has 0 aliphatic carbocycles. The van der Waals surface area contributed by atoms with Crippen LogP contribution in [0, 0.1) is 13.8 Å². The van der Waals surface area contributed by atoms with Crippen molar-refractivity contribution in [3.05, 3.63) is 29.3 Å². The molecule has 2 N–H and O–H groups in total. The van der Waals surface area contributed by atoms with Gasteiger partial charge in [-0.15, -0.1) is 11.8 Å². The molecule has 0 fully saturated rings. The lowest BCUT2D eigenvalue weighted by Gasteiger charge is -2.05. The molecule has 13 heavy (non-hydrogen) atoms. The summed E-state index contributed by atoms with van der Waals surface area (Å²) >= 11 is 1.91. The number of benzene rings is 1. The Balaban J connectivity index is 2.59. The second kappa shape index (κ2) is 5.30. The van der Waals surface area contributed by atoms with Crippen LogP contribution in [0.4, 0.5) is 0 Å². The fourth-order valence-corrected chi connectivity index (χ4v) is 2.22. The summed E-state index contributed by atoms with van der Waals surface area (Å²) in [5.74, 6) is 1.13. The Morgan fingerprint density at radius 1 is 1.31 bits per heavy atom. The summed E-state index contributed by atoms with van der Waals surface area (Å²) in [5.41, 5.74) is 8.15. The summed E-state index contributed by atoms with van der Waals surface area (Å²) in [4.78, 5) is 1.40. The van der Waals surface area contributed by atoms with Gasteiger partial charge in [-0.05, 0) is 44.2 Å². The Bertz CT molecular complexity index is 271. The van der Waals surface area contributed by atoms with Gasteiger partial charge in [-0.3, -0.25) is 0 Å². The first kappa shape index (κ1) is 10.6. The molecule has 0 saturated heterocycles. The number of rotatable bonds is 4. The van der Waals surface area contributed by atoms with Crippen LogP contribution in [-0.2, 0) is 0 Å².